The number of aryl methyl sites for hydroxylation is 6. The Morgan fingerprint density at radius 3 is 2.77 bits per heavy atom. The monoisotopic (exact) mass is 668 g/mol. The van der Waals surface area contributed by atoms with Crippen LogP contribution in [0.25, 0.3) is 22.0 Å². The summed E-state index contributed by atoms with van der Waals surface area (Å²) in [4.78, 5) is 14.0. The van der Waals surface area contributed by atoms with Gasteiger partial charge in [0.1, 0.15) is 11.4 Å². The van der Waals surface area contributed by atoms with Crippen LogP contribution in [0.1, 0.15) is 69.2 Å². The van der Waals surface area contributed by atoms with Crippen LogP contribution in [-0.2, 0) is 57.2 Å². The maximum absolute atomic E-state index is 12.8. The highest BCUT2D eigenvalue weighted by atomic mass is 32.2. The number of hydrogen-bond acceptors (Lipinski definition) is 7. The summed E-state index contributed by atoms with van der Waals surface area (Å²) in [6.45, 7) is 4.50. The third-order valence-electron chi connectivity index (χ3n) is 9.85. The molecule has 0 saturated heterocycles. The van der Waals surface area contributed by atoms with E-state index in [-0.39, 0.29) is 0 Å². The first-order chi connectivity index (χ1) is 22.9. The van der Waals surface area contributed by atoms with Gasteiger partial charge in [-0.05, 0) is 80.3 Å². The van der Waals surface area contributed by atoms with E-state index < -0.39 is 5.97 Å². The van der Waals surface area contributed by atoms with Gasteiger partial charge in [0.25, 0.3) is 0 Å². The number of carboxylic acids is 1. The molecule has 6 heterocycles. The first-order valence-electron chi connectivity index (χ1n) is 16.6. The van der Waals surface area contributed by atoms with Crippen molar-refractivity contribution in [3.63, 3.8) is 0 Å². The predicted molar refractivity (Wildman–Crippen MR) is 189 cm³/mol. The van der Waals surface area contributed by atoms with Crippen LogP contribution in [-0.4, -0.2) is 48.4 Å². The van der Waals surface area contributed by atoms with Gasteiger partial charge in [0.15, 0.2) is 0 Å². The third-order valence-corrected chi connectivity index (χ3v) is 11.8. The smallest absolute Gasteiger partial charge is 0.352 e. The largest absolute Gasteiger partial charge is 0.491 e. The third kappa shape index (κ3) is 5.41. The maximum atomic E-state index is 12.8. The van der Waals surface area contributed by atoms with Crippen LogP contribution in [0.3, 0.4) is 0 Å². The van der Waals surface area contributed by atoms with Crippen molar-refractivity contribution in [2.24, 2.45) is 14.1 Å². The van der Waals surface area contributed by atoms with Crippen molar-refractivity contribution < 1.29 is 14.6 Å². The van der Waals surface area contributed by atoms with Gasteiger partial charge in [0, 0.05) is 77.2 Å². The zero-order chi connectivity index (χ0) is 32.2. The van der Waals surface area contributed by atoms with Crippen molar-refractivity contribution in [2.75, 3.05) is 18.5 Å². The number of ether oxygens (including phenoxy) is 1. The predicted octanol–water partition coefficient (Wildman–Crippen LogP) is 7.14. The number of hydrogen-bond donors (Lipinski definition) is 2. The fraction of sp³-hybridized carbons (Fsp3) is 0.417. The van der Waals surface area contributed by atoms with Gasteiger partial charge in [-0.15, -0.1) is 23.5 Å². The Morgan fingerprint density at radius 2 is 1.89 bits per heavy atom. The number of aromatic nitrogens is 5. The van der Waals surface area contributed by atoms with Gasteiger partial charge in [0.2, 0.25) is 0 Å². The Balaban J connectivity index is 1.25. The minimum absolute atomic E-state index is 0.358. The Bertz CT molecular complexity index is 2040. The van der Waals surface area contributed by atoms with E-state index in [4.69, 9.17) is 14.9 Å². The Hall–Kier alpha value is -3.83. The molecule has 3 aliphatic rings. The van der Waals surface area contributed by atoms with E-state index >= 15 is 0 Å². The molecular formula is C36H40N6O3S2. The van der Waals surface area contributed by atoms with E-state index in [1.807, 2.05) is 46.9 Å². The second-order valence-corrected chi connectivity index (χ2v) is 14.9. The number of carboxylic acid groups (broad SMARTS) is 1. The van der Waals surface area contributed by atoms with Gasteiger partial charge in [-0.2, -0.15) is 10.2 Å². The normalized spacial score (nSPS) is 16.6. The number of carbonyl (C=O) groups is 1. The SMILES string of the molecule is Cc1ccc2c3c(C(=O)O)n(C)c2c1-c1c(nn2c1CCC2)CSCc1cc(n(C)n1)CSc1cc2c(c(c1)OCCC3)NCCC2. The van der Waals surface area contributed by atoms with Gasteiger partial charge >= 0.3 is 5.97 Å². The van der Waals surface area contributed by atoms with Crippen LogP contribution in [0.5, 0.6) is 5.75 Å². The molecule has 244 valence electrons. The molecule has 0 spiro atoms. The molecule has 8 bridgehead atoms. The molecule has 11 heteroatoms. The quantitative estimate of drug-likeness (QED) is 0.195. The van der Waals surface area contributed by atoms with Crippen LogP contribution in [0.4, 0.5) is 5.69 Å². The zero-order valence-electron chi connectivity index (χ0n) is 27.2. The number of aromatic carboxylic acids is 1. The first kappa shape index (κ1) is 30.5. The zero-order valence-corrected chi connectivity index (χ0v) is 28.8. The summed E-state index contributed by atoms with van der Waals surface area (Å²) in [6, 6.07) is 11.0. The average Bonchev–Trinajstić information content (AvgIpc) is 3.80. The number of anilines is 1. The highest BCUT2D eigenvalue weighted by molar-refractivity contribution is 7.98. The molecule has 9 nitrogen and oxygen atoms in total. The Kier molecular flexibility index (Phi) is 7.99. The van der Waals surface area contributed by atoms with E-state index in [2.05, 4.69) is 47.3 Å². The molecular weight excluding hydrogens is 629 g/mol. The maximum Gasteiger partial charge on any atom is 0.352 e. The van der Waals surface area contributed by atoms with Gasteiger partial charge in [-0.3, -0.25) is 9.36 Å². The van der Waals surface area contributed by atoms with Crippen molar-refractivity contribution in [3.8, 4) is 16.9 Å². The fourth-order valence-electron chi connectivity index (χ4n) is 7.69. The molecule has 2 N–H and O–H groups in total. The highest BCUT2D eigenvalue weighted by Crippen LogP contribution is 2.43. The molecule has 5 aromatic rings. The summed E-state index contributed by atoms with van der Waals surface area (Å²) in [5.41, 5.74) is 12.7. The lowest BCUT2D eigenvalue weighted by atomic mass is 9.93. The number of nitrogens with zero attached hydrogens (tertiary/aromatic N) is 5. The summed E-state index contributed by atoms with van der Waals surface area (Å²) in [7, 11) is 3.94. The summed E-state index contributed by atoms with van der Waals surface area (Å²) in [5.74, 6) is 2.37. The first-order valence-corrected chi connectivity index (χ1v) is 18.7. The number of rotatable bonds is 1. The van der Waals surface area contributed by atoms with Crippen molar-refractivity contribution in [2.45, 2.75) is 74.1 Å². The molecule has 0 aliphatic carbocycles. The van der Waals surface area contributed by atoms with Crippen LogP contribution < -0.4 is 10.1 Å². The molecule has 0 fully saturated rings. The van der Waals surface area contributed by atoms with E-state index in [9.17, 15) is 9.90 Å². The number of benzene rings is 2. The van der Waals surface area contributed by atoms with E-state index in [0.29, 0.717) is 25.1 Å². The Labute approximate surface area is 283 Å². The average molecular weight is 669 g/mol. The fourth-order valence-corrected chi connectivity index (χ4v) is 9.54. The minimum atomic E-state index is -0.897. The van der Waals surface area contributed by atoms with E-state index in [0.717, 1.165) is 106 Å². The van der Waals surface area contributed by atoms with Gasteiger partial charge in [-0.1, -0.05) is 12.1 Å². The lowest BCUT2D eigenvalue weighted by Crippen LogP contribution is -2.14. The molecule has 0 unspecified atom stereocenters. The molecule has 8 rings (SSSR count). The topological polar surface area (TPSA) is 99.1 Å². The molecule has 0 atom stereocenters. The summed E-state index contributed by atoms with van der Waals surface area (Å²) < 4.78 is 12.6. The van der Waals surface area contributed by atoms with Crippen molar-refractivity contribution in [1.82, 2.24) is 24.1 Å². The van der Waals surface area contributed by atoms with Crippen LogP contribution >= 0.6 is 23.5 Å². The van der Waals surface area contributed by atoms with Gasteiger partial charge in [-0.25, -0.2) is 4.79 Å². The second-order valence-electron chi connectivity index (χ2n) is 12.9. The van der Waals surface area contributed by atoms with E-state index in [1.54, 1.807) is 0 Å². The molecule has 0 amide bonds. The molecule has 0 radical (unpaired) electrons. The minimum Gasteiger partial charge on any atom is -0.491 e. The molecule has 2 aromatic carbocycles. The summed E-state index contributed by atoms with van der Waals surface area (Å²) >= 11 is 3.66. The van der Waals surface area contributed by atoms with Crippen LogP contribution in [0, 0.1) is 6.92 Å². The van der Waals surface area contributed by atoms with Crippen LogP contribution in [0.2, 0.25) is 0 Å². The second kappa shape index (κ2) is 12.3. The summed E-state index contributed by atoms with van der Waals surface area (Å²) in [6.07, 6.45) is 5.50. The van der Waals surface area contributed by atoms with Crippen molar-refractivity contribution in [3.05, 3.63) is 75.5 Å². The number of fused-ring (bicyclic) bond motifs is 10. The molecule has 3 aliphatic heterocycles. The molecule has 0 saturated carbocycles. The van der Waals surface area contributed by atoms with E-state index in [1.165, 1.54) is 27.4 Å². The lowest BCUT2D eigenvalue weighted by Gasteiger charge is -2.22. The Morgan fingerprint density at radius 1 is 1.00 bits per heavy atom. The van der Waals surface area contributed by atoms with Gasteiger partial charge < -0.3 is 19.7 Å². The number of thioether (sulfide) groups is 2. The molecule has 47 heavy (non-hydrogen) atoms. The highest BCUT2D eigenvalue weighted by Gasteiger charge is 2.29. The van der Waals surface area contributed by atoms with Crippen LogP contribution in [0.15, 0.2) is 35.2 Å². The lowest BCUT2D eigenvalue weighted by molar-refractivity contribution is 0.0685. The standard InChI is InChI=1S/C36H40N6O3S2/c1-21-10-11-27-26-8-6-14-45-30-17-25(15-22-7-4-12-37-33(22)30)47-19-24-16-23(38-41(24)3)18-46-20-28-32(29-9-5-13-42(29)39-28)31(21)34(27)40(2)35(26)36(43)44/h10-11,15-17,37H,4-9,12-14,18-20H2,1-3H3,(H,43,44). The summed E-state index contributed by atoms with van der Waals surface area (Å²) in [5, 5.41) is 25.1. The molecule has 3 aromatic heterocycles. The van der Waals surface area contributed by atoms with Crippen molar-refractivity contribution in [1.29, 1.82) is 0 Å². The number of nitrogens with one attached hydrogen (secondary N) is 1. The van der Waals surface area contributed by atoms with Gasteiger partial charge in [0.05, 0.1) is 29.2 Å². The van der Waals surface area contributed by atoms with Crippen molar-refractivity contribution >= 4 is 46.1 Å².